The van der Waals surface area contributed by atoms with Crippen LogP contribution in [0.1, 0.15) is 30.3 Å². The molecule has 0 aliphatic carbocycles. The lowest BCUT2D eigenvalue weighted by atomic mass is 10.3. The van der Waals surface area contributed by atoms with Crippen LogP contribution in [0, 0.1) is 0 Å². The van der Waals surface area contributed by atoms with E-state index in [2.05, 4.69) is 27.5 Å². The molecule has 6 heteroatoms. The van der Waals surface area contributed by atoms with Crippen LogP contribution >= 0.6 is 0 Å². The zero-order chi connectivity index (χ0) is 14.9. The number of aromatic nitrogens is 3. The standard InChI is InChI=1S/C15H21N5O/c1-2-5-17-13-4-7-18-14(11-13)15(21)19-6-3-9-20-10-8-16-12-20/h4,7-8,10-12H,2-3,5-6,9H2,1H3,(H,17,18)(H,19,21). The van der Waals surface area contributed by atoms with Crippen LogP contribution in [0.2, 0.25) is 0 Å². The summed E-state index contributed by atoms with van der Waals surface area (Å²) < 4.78 is 1.99. The molecular formula is C15H21N5O. The first-order valence-electron chi connectivity index (χ1n) is 7.23. The fraction of sp³-hybridized carbons (Fsp3) is 0.400. The monoisotopic (exact) mass is 287 g/mol. The molecule has 0 spiro atoms. The summed E-state index contributed by atoms with van der Waals surface area (Å²) in [5.74, 6) is -0.138. The van der Waals surface area contributed by atoms with Gasteiger partial charge >= 0.3 is 0 Å². The highest BCUT2D eigenvalue weighted by Crippen LogP contribution is 2.07. The van der Waals surface area contributed by atoms with Gasteiger partial charge in [-0.25, -0.2) is 4.98 Å². The molecule has 6 nitrogen and oxygen atoms in total. The van der Waals surface area contributed by atoms with E-state index in [1.165, 1.54) is 0 Å². The average Bonchev–Trinajstić information content (AvgIpc) is 3.03. The highest BCUT2D eigenvalue weighted by molar-refractivity contribution is 5.93. The first-order valence-corrected chi connectivity index (χ1v) is 7.23. The predicted molar refractivity (Wildman–Crippen MR) is 82.2 cm³/mol. The summed E-state index contributed by atoms with van der Waals surface area (Å²) in [4.78, 5) is 20.1. The summed E-state index contributed by atoms with van der Waals surface area (Å²) >= 11 is 0. The van der Waals surface area contributed by atoms with Crippen LogP contribution < -0.4 is 10.6 Å². The van der Waals surface area contributed by atoms with Gasteiger partial charge in [0, 0.05) is 43.9 Å². The smallest absolute Gasteiger partial charge is 0.269 e. The highest BCUT2D eigenvalue weighted by Gasteiger charge is 2.07. The number of anilines is 1. The first kappa shape index (κ1) is 15.0. The van der Waals surface area contributed by atoms with Gasteiger partial charge in [0.1, 0.15) is 5.69 Å². The maximum absolute atomic E-state index is 12.0. The topological polar surface area (TPSA) is 71.8 Å². The summed E-state index contributed by atoms with van der Waals surface area (Å²) in [5.41, 5.74) is 1.37. The van der Waals surface area contributed by atoms with E-state index in [1.807, 2.05) is 16.8 Å². The summed E-state index contributed by atoms with van der Waals surface area (Å²) in [6, 6.07) is 3.65. The number of rotatable bonds is 8. The van der Waals surface area contributed by atoms with Gasteiger partial charge < -0.3 is 15.2 Å². The number of imidazole rings is 1. The molecule has 0 atom stereocenters. The van der Waals surface area contributed by atoms with Crippen molar-refractivity contribution < 1.29 is 4.79 Å². The molecule has 2 aromatic heterocycles. The molecule has 0 saturated heterocycles. The maximum atomic E-state index is 12.0. The molecule has 21 heavy (non-hydrogen) atoms. The molecule has 1 amide bonds. The van der Waals surface area contributed by atoms with Gasteiger partial charge in [0.2, 0.25) is 0 Å². The van der Waals surface area contributed by atoms with Crippen molar-refractivity contribution in [3.8, 4) is 0 Å². The molecule has 2 heterocycles. The van der Waals surface area contributed by atoms with Gasteiger partial charge in [-0.2, -0.15) is 0 Å². The largest absolute Gasteiger partial charge is 0.385 e. The summed E-state index contributed by atoms with van der Waals surface area (Å²) in [6.45, 7) is 4.44. The first-order chi connectivity index (χ1) is 10.3. The van der Waals surface area contributed by atoms with Crippen LogP contribution in [-0.4, -0.2) is 33.5 Å². The number of hydrogen-bond acceptors (Lipinski definition) is 4. The Balaban J connectivity index is 1.77. The van der Waals surface area contributed by atoms with Crippen LogP contribution in [0.3, 0.4) is 0 Å². The van der Waals surface area contributed by atoms with Gasteiger partial charge in [0.25, 0.3) is 5.91 Å². The minimum absolute atomic E-state index is 0.138. The highest BCUT2D eigenvalue weighted by atomic mass is 16.1. The van der Waals surface area contributed by atoms with Crippen LogP contribution in [-0.2, 0) is 6.54 Å². The quantitative estimate of drug-likeness (QED) is 0.728. The van der Waals surface area contributed by atoms with E-state index in [4.69, 9.17) is 0 Å². The molecular weight excluding hydrogens is 266 g/mol. The third-order valence-electron chi connectivity index (χ3n) is 3.01. The van der Waals surface area contributed by atoms with Crippen molar-refractivity contribution >= 4 is 11.6 Å². The van der Waals surface area contributed by atoms with Gasteiger partial charge in [0.15, 0.2) is 0 Å². The minimum atomic E-state index is -0.138. The number of carbonyl (C=O) groups excluding carboxylic acids is 1. The fourth-order valence-electron chi connectivity index (χ4n) is 1.91. The Labute approximate surface area is 124 Å². The van der Waals surface area contributed by atoms with Gasteiger partial charge in [-0.3, -0.25) is 9.78 Å². The van der Waals surface area contributed by atoms with Crippen molar-refractivity contribution in [2.45, 2.75) is 26.3 Å². The Morgan fingerprint density at radius 3 is 3.00 bits per heavy atom. The van der Waals surface area contributed by atoms with E-state index in [0.29, 0.717) is 12.2 Å². The van der Waals surface area contributed by atoms with Gasteiger partial charge in [-0.15, -0.1) is 0 Å². The summed E-state index contributed by atoms with van der Waals surface area (Å²) in [5, 5.41) is 6.13. The van der Waals surface area contributed by atoms with Crippen molar-refractivity contribution in [2.75, 3.05) is 18.4 Å². The lowest BCUT2D eigenvalue weighted by Crippen LogP contribution is -2.26. The molecule has 0 fully saturated rings. The third kappa shape index (κ3) is 4.91. The van der Waals surface area contributed by atoms with Crippen LogP contribution in [0.5, 0.6) is 0 Å². The van der Waals surface area contributed by atoms with Crippen molar-refractivity contribution in [1.29, 1.82) is 0 Å². The van der Waals surface area contributed by atoms with Crippen molar-refractivity contribution in [2.24, 2.45) is 0 Å². The zero-order valence-corrected chi connectivity index (χ0v) is 12.2. The Morgan fingerprint density at radius 1 is 1.33 bits per heavy atom. The number of aryl methyl sites for hydroxylation is 1. The molecule has 0 aromatic carbocycles. The Kier molecular flexibility index (Phi) is 5.75. The summed E-state index contributed by atoms with van der Waals surface area (Å²) in [6.07, 6.45) is 8.97. The summed E-state index contributed by atoms with van der Waals surface area (Å²) in [7, 11) is 0. The molecule has 0 bridgehead atoms. The Hall–Kier alpha value is -2.37. The van der Waals surface area contributed by atoms with E-state index in [9.17, 15) is 4.79 Å². The lowest BCUT2D eigenvalue weighted by Gasteiger charge is -2.08. The lowest BCUT2D eigenvalue weighted by molar-refractivity contribution is 0.0948. The number of hydrogen-bond donors (Lipinski definition) is 2. The Morgan fingerprint density at radius 2 is 2.24 bits per heavy atom. The molecule has 2 rings (SSSR count). The maximum Gasteiger partial charge on any atom is 0.269 e. The number of pyridine rings is 1. The molecule has 0 unspecified atom stereocenters. The number of amides is 1. The van der Waals surface area contributed by atoms with Gasteiger partial charge in [0.05, 0.1) is 6.33 Å². The van der Waals surface area contributed by atoms with E-state index in [0.717, 1.165) is 31.6 Å². The second kappa shape index (κ2) is 8.04. The minimum Gasteiger partial charge on any atom is -0.385 e. The molecule has 0 saturated carbocycles. The Bertz CT molecular complexity index is 553. The van der Waals surface area contributed by atoms with E-state index in [1.54, 1.807) is 24.8 Å². The fourth-order valence-corrected chi connectivity index (χ4v) is 1.91. The zero-order valence-electron chi connectivity index (χ0n) is 12.2. The van der Waals surface area contributed by atoms with Crippen LogP contribution in [0.25, 0.3) is 0 Å². The van der Waals surface area contributed by atoms with E-state index < -0.39 is 0 Å². The number of carbonyl (C=O) groups is 1. The number of nitrogens with zero attached hydrogens (tertiary/aromatic N) is 3. The predicted octanol–water partition coefficient (Wildman–Crippen LogP) is 1.92. The average molecular weight is 287 g/mol. The van der Waals surface area contributed by atoms with Crippen LogP contribution in [0.15, 0.2) is 37.1 Å². The second-order valence-electron chi connectivity index (χ2n) is 4.77. The number of nitrogens with one attached hydrogen (secondary N) is 2. The molecule has 2 aromatic rings. The van der Waals surface area contributed by atoms with Crippen molar-refractivity contribution in [3.63, 3.8) is 0 Å². The van der Waals surface area contributed by atoms with E-state index >= 15 is 0 Å². The van der Waals surface area contributed by atoms with Crippen molar-refractivity contribution in [1.82, 2.24) is 19.9 Å². The molecule has 2 N–H and O–H groups in total. The molecule has 0 aliphatic rings. The normalized spacial score (nSPS) is 10.3. The molecule has 0 aliphatic heterocycles. The van der Waals surface area contributed by atoms with Crippen LogP contribution in [0.4, 0.5) is 5.69 Å². The molecule has 112 valence electrons. The van der Waals surface area contributed by atoms with Gasteiger partial charge in [-0.1, -0.05) is 6.92 Å². The van der Waals surface area contributed by atoms with Crippen molar-refractivity contribution in [3.05, 3.63) is 42.7 Å². The third-order valence-corrected chi connectivity index (χ3v) is 3.01. The molecule has 0 radical (unpaired) electrons. The SMILES string of the molecule is CCCNc1ccnc(C(=O)NCCCn2ccnc2)c1. The second-order valence-corrected chi connectivity index (χ2v) is 4.77. The van der Waals surface area contributed by atoms with Gasteiger partial charge in [-0.05, 0) is 25.0 Å². The van der Waals surface area contributed by atoms with E-state index in [-0.39, 0.29) is 5.91 Å².